The second-order valence-corrected chi connectivity index (χ2v) is 7.30. The molecule has 0 aliphatic carbocycles. The van der Waals surface area contributed by atoms with Crippen LogP contribution in [0.5, 0.6) is 0 Å². The molecule has 1 aromatic carbocycles. The topological polar surface area (TPSA) is 42.6 Å². The molecule has 0 fully saturated rings. The Bertz CT molecular complexity index is 817. The lowest BCUT2D eigenvalue weighted by atomic mass is 9.92. The molecule has 0 saturated heterocycles. The van der Waals surface area contributed by atoms with Crippen molar-refractivity contribution in [1.82, 2.24) is 0 Å². The molecule has 1 aliphatic heterocycles. The van der Waals surface area contributed by atoms with E-state index in [0.717, 1.165) is 33.9 Å². The van der Waals surface area contributed by atoms with E-state index in [0.29, 0.717) is 13.0 Å². The maximum Gasteiger partial charge on any atom is 0.166 e. The smallest absolute Gasteiger partial charge is 0.166 e. The van der Waals surface area contributed by atoms with Crippen LogP contribution >= 0.6 is 0 Å². The molecule has 0 saturated carbocycles. The number of aryl methyl sites for hydroxylation is 1. The van der Waals surface area contributed by atoms with Crippen LogP contribution in [0.25, 0.3) is 0 Å². The highest BCUT2D eigenvalue weighted by molar-refractivity contribution is 6.12. The van der Waals surface area contributed by atoms with Crippen molar-refractivity contribution in [2.24, 2.45) is 4.99 Å². The predicted molar refractivity (Wildman–Crippen MR) is 97.0 cm³/mol. The van der Waals surface area contributed by atoms with Crippen molar-refractivity contribution in [3.63, 3.8) is 0 Å². The first-order valence-corrected chi connectivity index (χ1v) is 8.28. The summed E-state index contributed by atoms with van der Waals surface area (Å²) in [6.07, 6.45) is 2.45. The van der Waals surface area contributed by atoms with E-state index < -0.39 is 0 Å². The minimum atomic E-state index is -0.0298. The van der Waals surface area contributed by atoms with Gasteiger partial charge in [-0.1, -0.05) is 51.1 Å². The summed E-state index contributed by atoms with van der Waals surface area (Å²) in [5.41, 5.74) is 3.72. The Morgan fingerprint density at radius 2 is 1.92 bits per heavy atom. The highest BCUT2D eigenvalue weighted by atomic mass is 16.3. The van der Waals surface area contributed by atoms with Crippen molar-refractivity contribution in [3.8, 4) is 0 Å². The van der Waals surface area contributed by atoms with Crippen LogP contribution in [0.15, 0.2) is 57.5 Å². The fourth-order valence-corrected chi connectivity index (χ4v) is 2.78. The number of carbonyl (C=O) groups is 1. The number of hydrogen-bond donors (Lipinski definition) is 0. The number of hydrogen-bond acceptors (Lipinski definition) is 3. The van der Waals surface area contributed by atoms with Crippen molar-refractivity contribution < 1.29 is 9.21 Å². The van der Waals surface area contributed by atoms with Crippen molar-refractivity contribution in [1.29, 1.82) is 0 Å². The molecule has 0 amide bonds. The number of rotatable bonds is 4. The Morgan fingerprint density at radius 3 is 2.54 bits per heavy atom. The molecule has 0 unspecified atom stereocenters. The van der Waals surface area contributed by atoms with Gasteiger partial charge in [0.2, 0.25) is 0 Å². The van der Waals surface area contributed by atoms with Crippen LogP contribution in [0.3, 0.4) is 0 Å². The van der Waals surface area contributed by atoms with Crippen molar-refractivity contribution in [2.75, 3.05) is 6.54 Å². The Labute approximate surface area is 143 Å². The van der Waals surface area contributed by atoms with Gasteiger partial charge in [0.25, 0.3) is 0 Å². The van der Waals surface area contributed by atoms with Gasteiger partial charge in [0.15, 0.2) is 5.78 Å². The Kier molecular flexibility index (Phi) is 4.27. The van der Waals surface area contributed by atoms with E-state index in [1.165, 1.54) is 0 Å². The molecule has 24 heavy (non-hydrogen) atoms. The van der Waals surface area contributed by atoms with Gasteiger partial charge in [-0.3, -0.25) is 9.79 Å². The molecule has 0 N–H and O–H groups in total. The summed E-state index contributed by atoms with van der Waals surface area (Å²) in [6.45, 7) is 8.94. The van der Waals surface area contributed by atoms with Crippen molar-refractivity contribution in [3.05, 3.63) is 70.7 Å². The molecule has 0 bridgehead atoms. The Hall–Kier alpha value is -2.42. The van der Waals surface area contributed by atoms with Crippen LogP contribution in [0.2, 0.25) is 0 Å². The summed E-state index contributed by atoms with van der Waals surface area (Å²) in [7, 11) is 0. The van der Waals surface area contributed by atoms with E-state index in [1.54, 1.807) is 0 Å². The molecule has 2 aromatic rings. The van der Waals surface area contributed by atoms with Crippen LogP contribution < -0.4 is 0 Å². The molecule has 1 aromatic heterocycles. The van der Waals surface area contributed by atoms with E-state index in [4.69, 9.17) is 4.42 Å². The molecule has 3 heteroatoms. The summed E-state index contributed by atoms with van der Waals surface area (Å²) in [4.78, 5) is 16.9. The summed E-state index contributed by atoms with van der Waals surface area (Å²) >= 11 is 0. The monoisotopic (exact) mass is 321 g/mol. The van der Waals surface area contributed by atoms with Crippen molar-refractivity contribution in [2.45, 2.75) is 39.5 Å². The average Bonchev–Trinajstić information content (AvgIpc) is 3.14. The van der Waals surface area contributed by atoms with E-state index in [1.807, 2.05) is 43.3 Å². The van der Waals surface area contributed by atoms with Gasteiger partial charge in [0, 0.05) is 23.0 Å². The van der Waals surface area contributed by atoms with Gasteiger partial charge in [0.1, 0.15) is 11.5 Å². The summed E-state index contributed by atoms with van der Waals surface area (Å²) in [5.74, 6) is 1.98. The van der Waals surface area contributed by atoms with Gasteiger partial charge < -0.3 is 4.42 Å². The van der Waals surface area contributed by atoms with Gasteiger partial charge in [-0.15, -0.1) is 0 Å². The number of nitrogens with zero attached hydrogens (tertiary/aromatic N) is 1. The zero-order chi connectivity index (χ0) is 17.3. The molecule has 0 spiro atoms. The quantitative estimate of drug-likeness (QED) is 0.753. The standard InChI is InChI=1S/C21H23NO2/c1-14-17(12-20(24-14)21(2,3)4)18-10-15(13-22-18)11-19(23)16-8-6-5-7-9-16/h5-10,12H,11,13H2,1-4H3. The molecule has 3 rings (SSSR count). The maximum atomic E-state index is 12.3. The van der Waals surface area contributed by atoms with E-state index in [9.17, 15) is 4.79 Å². The number of furan rings is 1. The Morgan fingerprint density at radius 1 is 1.21 bits per heavy atom. The fraction of sp³-hybridized carbons (Fsp3) is 0.333. The number of ketones is 1. The van der Waals surface area contributed by atoms with Crippen LogP contribution in [0, 0.1) is 6.92 Å². The van der Waals surface area contributed by atoms with Gasteiger partial charge in [0.05, 0.1) is 12.3 Å². The van der Waals surface area contributed by atoms with Gasteiger partial charge >= 0.3 is 0 Å². The third-order valence-corrected chi connectivity index (χ3v) is 4.21. The van der Waals surface area contributed by atoms with Crippen LogP contribution in [-0.2, 0) is 5.41 Å². The van der Waals surface area contributed by atoms with E-state index >= 15 is 0 Å². The lowest BCUT2D eigenvalue weighted by Gasteiger charge is -2.13. The molecule has 124 valence electrons. The zero-order valence-electron chi connectivity index (χ0n) is 14.7. The van der Waals surface area contributed by atoms with Crippen LogP contribution in [-0.4, -0.2) is 18.0 Å². The molecule has 1 aliphatic rings. The number of carbonyl (C=O) groups excluding carboxylic acids is 1. The molecule has 3 nitrogen and oxygen atoms in total. The maximum absolute atomic E-state index is 12.3. The van der Waals surface area contributed by atoms with Crippen LogP contribution in [0.1, 0.15) is 54.6 Å². The number of aliphatic imine (C=N–C) groups is 1. The SMILES string of the molecule is Cc1oc(C(C)(C)C)cc1C1=NCC(CC(=O)c2ccccc2)=C1. The van der Waals surface area contributed by atoms with Crippen LogP contribution in [0.4, 0.5) is 0 Å². The van der Waals surface area contributed by atoms with E-state index in [2.05, 4.69) is 31.8 Å². The fourth-order valence-electron chi connectivity index (χ4n) is 2.78. The lowest BCUT2D eigenvalue weighted by Crippen LogP contribution is -2.09. The number of benzene rings is 1. The molecule has 0 atom stereocenters. The first-order valence-electron chi connectivity index (χ1n) is 8.28. The third kappa shape index (κ3) is 3.40. The molecular formula is C21H23NO2. The van der Waals surface area contributed by atoms with Gasteiger partial charge in [-0.2, -0.15) is 0 Å². The highest BCUT2D eigenvalue weighted by Crippen LogP contribution is 2.29. The van der Waals surface area contributed by atoms with Gasteiger partial charge in [-0.25, -0.2) is 0 Å². The molecule has 0 radical (unpaired) electrons. The second kappa shape index (κ2) is 6.23. The first-order chi connectivity index (χ1) is 11.3. The minimum absolute atomic E-state index is 0.0298. The first kappa shape index (κ1) is 16.4. The average molecular weight is 321 g/mol. The third-order valence-electron chi connectivity index (χ3n) is 4.21. The van der Waals surface area contributed by atoms with Crippen molar-refractivity contribution >= 4 is 11.5 Å². The lowest BCUT2D eigenvalue weighted by molar-refractivity contribution is 0.0993. The number of Topliss-reactive ketones (excluding diaryl/α,β-unsaturated/α-hetero) is 1. The summed E-state index contributed by atoms with van der Waals surface area (Å²) in [5, 5.41) is 0. The number of allylic oxidation sites excluding steroid dienone is 1. The normalized spacial score (nSPS) is 14.5. The summed E-state index contributed by atoms with van der Waals surface area (Å²) < 4.78 is 5.90. The van der Waals surface area contributed by atoms with E-state index in [-0.39, 0.29) is 11.2 Å². The van der Waals surface area contributed by atoms with Gasteiger partial charge in [-0.05, 0) is 24.6 Å². The minimum Gasteiger partial charge on any atom is -0.465 e. The highest BCUT2D eigenvalue weighted by Gasteiger charge is 2.23. The molecular weight excluding hydrogens is 298 g/mol. The largest absolute Gasteiger partial charge is 0.465 e. The summed E-state index contributed by atoms with van der Waals surface area (Å²) in [6, 6.07) is 11.5. The second-order valence-electron chi connectivity index (χ2n) is 7.30. The Balaban J connectivity index is 1.76. The molecule has 2 heterocycles. The zero-order valence-corrected chi connectivity index (χ0v) is 14.7. The predicted octanol–water partition coefficient (Wildman–Crippen LogP) is 4.89.